The zero-order valence-corrected chi connectivity index (χ0v) is 26.1. The van der Waals surface area contributed by atoms with Crippen LogP contribution in [-0.4, -0.2) is 44.9 Å². The number of nitrogens with zero attached hydrogens (tertiary/aromatic N) is 4. The first-order valence-corrected chi connectivity index (χ1v) is 15.0. The van der Waals surface area contributed by atoms with Crippen LogP contribution in [-0.2, 0) is 17.9 Å². The average Bonchev–Trinajstić information content (AvgIpc) is 3.54. The van der Waals surface area contributed by atoms with E-state index in [9.17, 15) is 14.9 Å². The zero-order chi connectivity index (χ0) is 30.6. The molecule has 2 N–H and O–H groups in total. The SMILES string of the molecule is CC(C)C=C(C#N)C(=O)N1CCCC1Cn1c(NC(=O)c2ccc(Cl)cc2)nc2cc(CN[C@@H](C)C(C)(C)C)ccc21. The van der Waals surface area contributed by atoms with Crippen molar-refractivity contribution in [2.45, 2.75) is 79.6 Å². The molecule has 1 unspecified atom stereocenters. The molecule has 1 fully saturated rings. The molecule has 2 amide bonds. The van der Waals surface area contributed by atoms with E-state index in [4.69, 9.17) is 16.6 Å². The summed E-state index contributed by atoms with van der Waals surface area (Å²) in [6.07, 6.45) is 3.36. The number of likely N-dealkylation sites (tertiary alicyclic amines) is 1. The van der Waals surface area contributed by atoms with Crippen LogP contribution in [0.25, 0.3) is 11.0 Å². The number of nitrogens with one attached hydrogen (secondary N) is 2. The highest BCUT2D eigenvalue weighted by atomic mass is 35.5. The lowest BCUT2D eigenvalue weighted by Crippen LogP contribution is -2.39. The summed E-state index contributed by atoms with van der Waals surface area (Å²) in [5.41, 5.74) is 3.49. The maximum Gasteiger partial charge on any atom is 0.264 e. The second-order valence-electron chi connectivity index (χ2n) is 12.5. The van der Waals surface area contributed by atoms with Gasteiger partial charge in [0.2, 0.25) is 5.95 Å². The molecule has 2 atom stereocenters. The molecule has 1 aliphatic heterocycles. The van der Waals surface area contributed by atoms with E-state index in [0.717, 1.165) is 29.4 Å². The molecule has 1 aliphatic rings. The lowest BCUT2D eigenvalue weighted by molar-refractivity contribution is -0.127. The number of hydrogen-bond acceptors (Lipinski definition) is 5. The molecule has 9 heteroatoms. The molecular formula is C33H41ClN6O2. The Kier molecular flexibility index (Phi) is 9.75. The van der Waals surface area contributed by atoms with Crippen molar-refractivity contribution in [1.29, 1.82) is 5.26 Å². The van der Waals surface area contributed by atoms with Gasteiger partial charge in [-0.25, -0.2) is 4.98 Å². The van der Waals surface area contributed by atoms with Crippen LogP contribution in [0.3, 0.4) is 0 Å². The molecule has 0 bridgehead atoms. The molecule has 1 saturated heterocycles. The predicted molar refractivity (Wildman–Crippen MR) is 168 cm³/mol. The lowest BCUT2D eigenvalue weighted by atomic mass is 9.88. The maximum absolute atomic E-state index is 13.4. The maximum atomic E-state index is 13.4. The molecule has 222 valence electrons. The Morgan fingerprint density at radius 3 is 2.52 bits per heavy atom. The van der Waals surface area contributed by atoms with Crippen molar-refractivity contribution in [3.05, 3.63) is 70.3 Å². The van der Waals surface area contributed by atoms with Gasteiger partial charge in [-0.1, -0.05) is 58.4 Å². The third-order valence-electron chi connectivity index (χ3n) is 7.94. The Labute approximate surface area is 253 Å². The molecule has 4 rings (SSSR count). The number of imidazole rings is 1. The van der Waals surface area contributed by atoms with Gasteiger partial charge < -0.3 is 14.8 Å². The van der Waals surface area contributed by atoms with Crippen LogP contribution in [0.5, 0.6) is 0 Å². The van der Waals surface area contributed by atoms with Crippen molar-refractivity contribution in [2.75, 3.05) is 11.9 Å². The van der Waals surface area contributed by atoms with E-state index in [2.05, 4.69) is 50.5 Å². The molecule has 42 heavy (non-hydrogen) atoms. The second kappa shape index (κ2) is 13.1. The summed E-state index contributed by atoms with van der Waals surface area (Å²) >= 11 is 6.03. The monoisotopic (exact) mass is 588 g/mol. The number of amides is 2. The fourth-order valence-electron chi connectivity index (χ4n) is 5.07. The molecule has 8 nitrogen and oxygen atoms in total. The number of hydrogen-bond donors (Lipinski definition) is 2. The minimum absolute atomic E-state index is 0.0898. The smallest absolute Gasteiger partial charge is 0.264 e. The minimum atomic E-state index is -0.296. The standard InChI is InChI=1S/C33H41ClN6O2/c1-21(2)16-25(18-35)31(42)39-15-7-8-27(39)20-40-29-14-9-23(19-36-22(3)33(4,5)6)17-28(29)37-32(40)38-30(41)24-10-12-26(34)13-11-24/h9-14,16-17,21-22,27,36H,7-8,15,19-20H2,1-6H3,(H,37,38,41)/t22-,27?/m0/s1. The molecule has 2 heterocycles. The number of allylic oxidation sites excluding steroid dienone is 1. The Balaban J connectivity index is 1.66. The third-order valence-corrected chi connectivity index (χ3v) is 8.19. The Hall–Kier alpha value is -3.67. The van der Waals surface area contributed by atoms with Crippen molar-refractivity contribution < 1.29 is 9.59 Å². The van der Waals surface area contributed by atoms with Gasteiger partial charge in [-0.3, -0.25) is 14.9 Å². The molecule has 0 spiro atoms. The topological polar surface area (TPSA) is 103 Å². The van der Waals surface area contributed by atoms with E-state index in [-0.39, 0.29) is 34.8 Å². The van der Waals surface area contributed by atoms with Crippen molar-refractivity contribution in [1.82, 2.24) is 19.8 Å². The fraction of sp³-hybridized carbons (Fsp3) is 0.455. The van der Waals surface area contributed by atoms with Gasteiger partial charge >= 0.3 is 0 Å². The van der Waals surface area contributed by atoms with Crippen molar-refractivity contribution in [3.8, 4) is 6.07 Å². The number of anilines is 1. The number of halogens is 1. The Bertz CT molecular complexity index is 1510. The first-order chi connectivity index (χ1) is 19.9. The fourth-order valence-corrected chi connectivity index (χ4v) is 5.19. The number of carbonyl (C=O) groups is 2. The van der Waals surface area contributed by atoms with Gasteiger partial charge in [0.15, 0.2) is 0 Å². The van der Waals surface area contributed by atoms with E-state index in [1.807, 2.05) is 30.5 Å². The van der Waals surface area contributed by atoms with Gasteiger partial charge in [0.05, 0.1) is 17.1 Å². The summed E-state index contributed by atoms with van der Waals surface area (Å²) in [7, 11) is 0. The highest BCUT2D eigenvalue weighted by Crippen LogP contribution is 2.28. The molecule has 0 saturated carbocycles. The number of rotatable bonds is 9. The van der Waals surface area contributed by atoms with Crippen LogP contribution < -0.4 is 10.6 Å². The average molecular weight is 589 g/mol. The number of nitriles is 1. The summed E-state index contributed by atoms with van der Waals surface area (Å²) in [5, 5.41) is 16.8. The highest BCUT2D eigenvalue weighted by molar-refractivity contribution is 6.30. The molecule has 0 aliphatic carbocycles. The van der Waals surface area contributed by atoms with Gasteiger partial charge in [0.1, 0.15) is 11.6 Å². The van der Waals surface area contributed by atoms with Gasteiger partial charge in [0, 0.05) is 36.3 Å². The predicted octanol–water partition coefficient (Wildman–Crippen LogP) is 6.56. The molecule has 3 aromatic rings. The Morgan fingerprint density at radius 1 is 1.17 bits per heavy atom. The van der Waals surface area contributed by atoms with E-state index >= 15 is 0 Å². The second-order valence-corrected chi connectivity index (χ2v) is 13.0. The number of carbonyl (C=O) groups excluding carboxylic acids is 2. The molecule has 2 aromatic carbocycles. The molecule has 0 radical (unpaired) electrons. The number of benzene rings is 2. The lowest BCUT2D eigenvalue weighted by Gasteiger charge is -2.28. The number of fused-ring (bicyclic) bond motifs is 1. The van der Waals surface area contributed by atoms with Crippen LogP contribution in [0.1, 0.15) is 70.3 Å². The summed E-state index contributed by atoms with van der Waals surface area (Å²) < 4.78 is 1.98. The highest BCUT2D eigenvalue weighted by Gasteiger charge is 2.32. The largest absolute Gasteiger partial charge is 0.333 e. The van der Waals surface area contributed by atoms with Crippen LogP contribution in [0.4, 0.5) is 5.95 Å². The van der Waals surface area contributed by atoms with Gasteiger partial charge in [-0.2, -0.15) is 5.26 Å². The zero-order valence-electron chi connectivity index (χ0n) is 25.4. The van der Waals surface area contributed by atoms with E-state index in [1.165, 1.54) is 0 Å². The first kappa shape index (κ1) is 31.3. The van der Waals surface area contributed by atoms with Crippen molar-refractivity contribution in [3.63, 3.8) is 0 Å². The van der Waals surface area contributed by atoms with Crippen LogP contribution in [0.2, 0.25) is 5.02 Å². The summed E-state index contributed by atoms with van der Waals surface area (Å²) in [6.45, 7) is 14.4. The van der Waals surface area contributed by atoms with Crippen molar-refractivity contribution in [2.24, 2.45) is 11.3 Å². The Morgan fingerprint density at radius 2 is 1.88 bits per heavy atom. The quantitative estimate of drug-likeness (QED) is 0.217. The summed E-state index contributed by atoms with van der Waals surface area (Å²) in [6, 6.07) is 15.1. The minimum Gasteiger partial charge on any atom is -0.333 e. The van der Waals surface area contributed by atoms with E-state index < -0.39 is 0 Å². The van der Waals surface area contributed by atoms with Gasteiger partial charge in [-0.15, -0.1) is 0 Å². The van der Waals surface area contributed by atoms with Crippen LogP contribution >= 0.6 is 11.6 Å². The third kappa shape index (κ3) is 7.39. The number of aromatic nitrogens is 2. The van der Waals surface area contributed by atoms with Gasteiger partial charge in [0.25, 0.3) is 11.8 Å². The van der Waals surface area contributed by atoms with Crippen molar-refractivity contribution >= 4 is 40.4 Å². The van der Waals surface area contributed by atoms with Crippen LogP contribution in [0, 0.1) is 22.7 Å². The molecular weight excluding hydrogens is 548 g/mol. The summed E-state index contributed by atoms with van der Waals surface area (Å²) in [5.74, 6) is -0.0380. The van der Waals surface area contributed by atoms with Gasteiger partial charge in [-0.05, 0) is 73.1 Å². The first-order valence-electron chi connectivity index (χ1n) is 14.6. The molecule has 1 aromatic heterocycles. The van der Waals surface area contributed by atoms with E-state index in [0.29, 0.717) is 42.2 Å². The van der Waals surface area contributed by atoms with Crippen LogP contribution in [0.15, 0.2) is 54.1 Å². The normalized spacial score (nSPS) is 16.6. The van der Waals surface area contributed by atoms with E-state index in [1.54, 1.807) is 35.2 Å². The summed E-state index contributed by atoms with van der Waals surface area (Å²) in [4.78, 5) is 33.2.